The fourth-order valence-electron chi connectivity index (χ4n) is 1.23. The molecule has 0 heterocycles. The van der Waals surface area contributed by atoms with Crippen LogP contribution in [0.25, 0.3) is 0 Å². The Morgan fingerprint density at radius 3 is 2.72 bits per heavy atom. The summed E-state index contributed by atoms with van der Waals surface area (Å²) in [5.41, 5.74) is 6.23. The van der Waals surface area contributed by atoms with Crippen molar-refractivity contribution in [2.75, 3.05) is 23.3 Å². The van der Waals surface area contributed by atoms with E-state index in [1.807, 2.05) is 0 Å². The number of ether oxygens (including phenoxy) is 1. The number of aliphatic carboxylic acids is 1. The topological polar surface area (TPSA) is 119 Å². The minimum Gasteiger partial charge on any atom is -0.495 e. The average molecular weight is 274 g/mol. The van der Waals surface area contributed by atoms with Gasteiger partial charge < -0.3 is 15.6 Å². The fraction of sp³-hybridized carbons (Fsp3) is 0.300. The summed E-state index contributed by atoms with van der Waals surface area (Å²) in [6, 6.07) is 4.39. The third-order valence-electron chi connectivity index (χ3n) is 2.09. The molecule has 1 rings (SSSR count). The van der Waals surface area contributed by atoms with Crippen molar-refractivity contribution in [2.45, 2.75) is 6.42 Å². The van der Waals surface area contributed by atoms with Crippen LogP contribution in [0.4, 0.5) is 11.4 Å². The molecule has 0 spiro atoms. The van der Waals surface area contributed by atoms with Gasteiger partial charge in [0.15, 0.2) is 0 Å². The molecule has 0 unspecified atom stereocenters. The van der Waals surface area contributed by atoms with Crippen molar-refractivity contribution in [3.8, 4) is 5.75 Å². The third kappa shape index (κ3) is 4.13. The van der Waals surface area contributed by atoms with Crippen LogP contribution < -0.4 is 15.2 Å². The Kier molecular flexibility index (Phi) is 4.38. The van der Waals surface area contributed by atoms with Crippen LogP contribution in [0.2, 0.25) is 0 Å². The lowest BCUT2D eigenvalue weighted by molar-refractivity contribution is -0.136. The molecule has 0 aliphatic carbocycles. The van der Waals surface area contributed by atoms with Crippen LogP contribution in [0, 0.1) is 0 Å². The molecular formula is C10H14N2O5S. The lowest BCUT2D eigenvalue weighted by atomic mass is 10.3. The molecule has 100 valence electrons. The fourth-order valence-corrected chi connectivity index (χ4v) is 2.26. The highest BCUT2D eigenvalue weighted by Crippen LogP contribution is 2.25. The summed E-state index contributed by atoms with van der Waals surface area (Å²) in [7, 11) is -2.28. The summed E-state index contributed by atoms with van der Waals surface area (Å²) in [6.07, 6.45) is -0.457. The van der Waals surface area contributed by atoms with E-state index in [0.717, 1.165) is 0 Å². The van der Waals surface area contributed by atoms with Crippen molar-refractivity contribution >= 4 is 27.4 Å². The van der Waals surface area contributed by atoms with Crippen LogP contribution in [0.3, 0.4) is 0 Å². The van der Waals surface area contributed by atoms with Crippen molar-refractivity contribution in [1.82, 2.24) is 0 Å². The number of nitrogens with one attached hydrogen (secondary N) is 1. The molecule has 0 saturated heterocycles. The maximum Gasteiger partial charge on any atom is 0.304 e. The summed E-state index contributed by atoms with van der Waals surface area (Å²) < 4.78 is 30.3. The summed E-state index contributed by atoms with van der Waals surface area (Å²) >= 11 is 0. The van der Waals surface area contributed by atoms with Gasteiger partial charge in [0.25, 0.3) is 0 Å². The Morgan fingerprint density at radius 1 is 1.50 bits per heavy atom. The number of sulfonamides is 1. The predicted octanol–water partition coefficient (Wildman–Crippen LogP) is 0.494. The summed E-state index contributed by atoms with van der Waals surface area (Å²) in [4.78, 5) is 10.3. The molecule has 0 fully saturated rings. The first-order valence-corrected chi connectivity index (χ1v) is 6.65. The summed E-state index contributed by atoms with van der Waals surface area (Å²) in [6.45, 7) is 0. The largest absolute Gasteiger partial charge is 0.495 e. The van der Waals surface area contributed by atoms with Crippen LogP contribution in [0.5, 0.6) is 5.75 Å². The van der Waals surface area contributed by atoms with Gasteiger partial charge in [-0.1, -0.05) is 0 Å². The molecule has 4 N–H and O–H groups in total. The molecule has 1 aromatic carbocycles. The number of nitrogens with two attached hydrogens (primary N) is 1. The lowest BCUT2D eigenvalue weighted by Crippen LogP contribution is -2.18. The van der Waals surface area contributed by atoms with E-state index in [4.69, 9.17) is 15.6 Å². The molecule has 0 bridgehead atoms. The van der Waals surface area contributed by atoms with Gasteiger partial charge in [0, 0.05) is 6.07 Å². The quantitative estimate of drug-likeness (QED) is 0.650. The van der Waals surface area contributed by atoms with Gasteiger partial charge in [-0.3, -0.25) is 9.52 Å². The molecule has 0 atom stereocenters. The molecule has 0 aliphatic rings. The Morgan fingerprint density at radius 2 is 2.17 bits per heavy atom. The number of hydrogen-bond acceptors (Lipinski definition) is 5. The Hall–Kier alpha value is -1.96. The Labute approximate surface area is 105 Å². The second-order valence-electron chi connectivity index (χ2n) is 3.52. The number of hydrogen-bond donors (Lipinski definition) is 3. The minimum atomic E-state index is -3.69. The number of carbonyl (C=O) groups is 1. The molecule has 18 heavy (non-hydrogen) atoms. The van der Waals surface area contributed by atoms with E-state index < -0.39 is 28.2 Å². The number of carboxylic acid groups (broad SMARTS) is 1. The molecule has 0 aliphatic heterocycles. The van der Waals surface area contributed by atoms with Crippen molar-refractivity contribution in [1.29, 1.82) is 0 Å². The van der Waals surface area contributed by atoms with E-state index in [1.165, 1.54) is 25.3 Å². The van der Waals surface area contributed by atoms with Crippen LogP contribution in [-0.4, -0.2) is 32.4 Å². The first-order valence-electron chi connectivity index (χ1n) is 5.00. The van der Waals surface area contributed by atoms with Crippen LogP contribution in [0.1, 0.15) is 6.42 Å². The first-order chi connectivity index (χ1) is 8.34. The monoisotopic (exact) mass is 274 g/mol. The zero-order valence-corrected chi connectivity index (χ0v) is 10.5. The Bertz CT molecular complexity index is 541. The minimum absolute atomic E-state index is 0.270. The smallest absolute Gasteiger partial charge is 0.304 e. The zero-order chi connectivity index (χ0) is 13.8. The van der Waals surface area contributed by atoms with E-state index in [9.17, 15) is 13.2 Å². The highest BCUT2D eigenvalue weighted by Gasteiger charge is 2.13. The highest BCUT2D eigenvalue weighted by atomic mass is 32.2. The second kappa shape index (κ2) is 5.58. The van der Waals surface area contributed by atoms with E-state index in [-0.39, 0.29) is 5.69 Å². The zero-order valence-electron chi connectivity index (χ0n) is 9.71. The highest BCUT2D eigenvalue weighted by molar-refractivity contribution is 7.92. The molecule has 0 aromatic heterocycles. The molecule has 7 nitrogen and oxygen atoms in total. The van der Waals surface area contributed by atoms with E-state index in [0.29, 0.717) is 11.4 Å². The molecular weight excluding hydrogens is 260 g/mol. The average Bonchev–Trinajstić information content (AvgIpc) is 2.29. The standard InChI is InChI=1S/C10H14N2O5S/c1-17-9-6-7(2-3-8(9)11)12-18(15,16)5-4-10(13)14/h2-3,6,12H,4-5,11H2,1H3,(H,13,14). The number of carboxylic acids is 1. The van der Waals surface area contributed by atoms with Crippen molar-refractivity contribution in [2.24, 2.45) is 0 Å². The first kappa shape index (κ1) is 14.1. The number of rotatable bonds is 6. The van der Waals surface area contributed by atoms with E-state index in [1.54, 1.807) is 0 Å². The number of anilines is 2. The molecule has 8 heteroatoms. The Balaban J connectivity index is 2.81. The van der Waals surface area contributed by atoms with Crippen molar-refractivity contribution < 1.29 is 23.1 Å². The van der Waals surface area contributed by atoms with Gasteiger partial charge in [0.05, 0.1) is 30.7 Å². The number of nitrogen functional groups attached to an aromatic ring is 1. The lowest BCUT2D eigenvalue weighted by Gasteiger charge is -2.10. The van der Waals surface area contributed by atoms with Gasteiger partial charge >= 0.3 is 5.97 Å². The van der Waals surface area contributed by atoms with Gasteiger partial charge in [-0.2, -0.15) is 0 Å². The van der Waals surface area contributed by atoms with E-state index >= 15 is 0 Å². The van der Waals surface area contributed by atoms with Crippen LogP contribution in [-0.2, 0) is 14.8 Å². The molecule has 0 radical (unpaired) electrons. The van der Waals surface area contributed by atoms with Crippen LogP contribution >= 0.6 is 0 Å². The van der Waals surface area contributed by atoms with Gasteiger partial charge in [-0.25, -0.2) is 8.42 Å². The molecule has 0 saturated carbocycles. The number of methoxy groups -OCH3 is 1. The number of benzene rings is 1. The van der Waals surface area contributed by atoms with Gasteiger partial charge in [0.1, 0.15) is 5.75 Å². The molecule has 1 aromatic rings. The van der Waals surface area contributed by atoms with Gasteiger partial charge in [-0.15, -0.1) is 0 Å². The maximum absolute atomic E-state index is 11.5. The summed E-state index contributed by atoms with van der Waals surface area (Å²) in [5.74, 6) is -1.32. The third-order valence-corrected chi connectivity index (χ3v) is 3.38. The van der Waals surface area contributed by atoms with E-state index in [2.05, 4.69) is 4.72 Å². The molecule has 0 amide bonds. The van der Waals surface area contributed by atoms with Gasteiger partial charge in [-0.05, 0) is 12.1 Å². The van der Waals surface area contributed by atoms with Gasteiger partial charge in [0.2, 0.25) is 10.0 Å². The maximum atomic E-state index is 11.5. The normalized spacial score (nSPS) is 10.9. The van der Waals surface area contributed by atoms with Crippen molar-refractivity contribution in [3.63, 3.8) is 0 Å². The van der Waals surface area contributed by atoms with Crippen molar-refractivity contribution in [3.05, 3.63) is 18.2 Å². The predicted molar refractivity (Wildman–Crippen MR) is 67.1 cm³/mol. The SMILES string of the molecule is COc1cc(NS(=O)(=O)CCC(=O)O)ccc1N. The van der Waals surface area contributed by atoms with Crippen LogP contribution in [0.15, 0.2) is 18.2 Å². The summed E-state index contributed by atoms with van der Waals surface area (Å²) in [5, 5.41) is 8.43. The second-order valence-corrected chi connectivity index (χ2v) is 5.36.